The smallest absolute Gasteiger partial charge is 0.328 e. The van der Waals surface area contributed by atoms with E-state index in [0.29, 0.717) is 18.3 Å². The molecule has 2 aliphatic rings. The molecule has 8 nitrogen and oxygen atoms in total. The van der Waals surface area contributed by atoms with E-state index < -0.39 is 24.0 Å². The van der Waals surface area contributed by atoms with Gasteiger partial charge >= 0.3 is 11.9 Å². The number of carbonyl (C=O) groups excluding carboxylic acids is 4. The lowest BCUT2D eigenvalue weighted by atomic mass is 9.85. The summed E-state index contributed by atoms with van der Waals surface area (Å²) in [5.74, 6) is -0.461. The van der Waals surface area contributed by atoms with E-state index in [9.17, 15) is 19.2 Å². The van der Waals surface area contributed by atoms with Gasteiger partial charge in [0.05, 0.1) is 14.2 Å². The Morgan fingerprint density at radius 3 is 1.63 bits per heavy atom. The van der Waals surface area contributed by atoms with Crippen LogP contribution in [0.4, 0.5) is 0 Å². The lowest BCUT2D eigenvalue weighted by molar-refractivity contribution is -0.145. The summed E-state index contributed by atoms with van der Waals surface area (Å²) in [6, 6.07) is -1.13. The average molecular weight is 577 g/mol. The first-order chi connectivity index (χ1) is 19.5. The number of ether oxygens (including phenoxy) is 2. The first-order valence-corrected chi connectivity index (χ1v) is 15.1. The summed E-state index contributed by atoms with van der Waals surface area (Å²) in [5, 5.41) is 5.09. The molecule has 2 aliphatic carbocycles. The molecule has 8 heteroatoms. The summed E-state index contributed by atoms with van der Waals surface area (Å²) in [4.78, 5) is 44.2. The Morgan fingerprint density at radius 1 is 0.756 bits per heavy atom. The average Bonchev–Trinajstić information content (AvgIpc) is 3.63. The van der Waals surface area contributed by atoms with Crippen LogP contribution in [0.15, 0.2) is 36.5 Å². The second kappa shape index (κ2) is 22.8. The number of nitrogens with one attached hydrogen (secondary N) is 2. The molecule has 0 aromatic rings. The van der Waals surface area contributed by atoms with Crippen molar-refractivity contribution in [1.29, 1.82) is 0 Å². The van der Waals surface area contributed by atoms with Crippen LogP contribution in [-0.4, -0.2) is 50.1 Å². The van der Waals surface area contributed by atoms with Crippen molar-refractivity contribution in [3.05, 3.63) is 36.5 Å². The number of amides is 2. The molecular formula is C33H56N2O6. The lowest BCUT2D eigenvalue weighted by Gasteiger charge is -2.20. The summed E-state index contributed by atoms with van der Waals surface area (Å²) in [6.07, 6.45) is 26.6. The van der Waals surface area contributed by atoms with Gasteiger partial charge in [-0.3, -0.25) is 9.59 Å². The van der Waals surface area contributed by atoms with Gasteiger partial charge < -0.3 is 20.1 Å². The molecule has 234 valence electrons. The molecule has 0 unspecified atom stereocenters. The SMILES string of the molecule is CC=CCC1(C)CCCC1.CC=CC[C@H](NC(C)=O)C(=O)OC.COC(=O)[C@H](CC=CCC1CCCC1)NC(C)=O. The largest absolute Gasteiger partial charge is 0.467 e. The topological polar surface area (TPSA) is 111 Å². The molecule has 0 aliphatic heterocycles. The predicted molar refractivity (Wildman–Crippen MR) is 165 cm³/mol. The van der Waals surface area contributed by atoms with Crippen molar-refractivity contribution < 1.29 is 28.7 Å². The number of methoxy groups -OCH3 is 2. The zero-order valence-corrected chi connectivity index (χ0v) is 26.6. The van der Waals surface area contributed by atoms with Gasteiger partial charge in [-0.2, -0.15) is 0 Å². The fraction of sp³-hybridized carbons (Fsp3) is 0.697. The third-order valence-electron chi connectivity index (χ3n) is 7.47. The molecule has 0 bridgehead atoms. The van der Waals surface area contributed by atoms with Crippen LogP contribution < -0.4 is 10.6 Å². The standard InChI is InChI=1S/C14H23NO3.C10H18.C9H15NO3/c1-11(16)15-13(14(17)18-2)10-6-5-9-12-7-3-4-8-12;1-3-4-7-10(2)8-5-6-9-10;1-4-5-6-8(9(12)13-3)10-7(2)11/h5-6,12-13H,3-4,7-10H2,1-2H3,(H,15,16);3-4H,5-9H2,1-2H3;4-5,8H,6H2,1-3H3,(H,10,11)/t13-;;8-/m0.0/s1. The summed E-state index contributed by atoms with van der Waals surface area (Å²) in [6.45, 7) is 9.14. The van der Waals surface area contributed by atoms with Crippen LogP contribution in [-0.2, 0) is 28.7 Å². The summed E-state index contributed by atoms with van der Waals surface area (Å²) in [7, 11) is 2.63. The first kappa shape index (κ1) is 38.1. The molecule has 2 saturated carbocycles. The van der Waals surface area contributed by atoms with E-state index in [1.165, 1.54) is 85.9 Å². The quantitative estimate of drug-likeness (QED) is 0.207. The fourth-order valence-electron chi connectivity index (χ4n) is 5.08. The van der Waals surface area contributed by atoms with E-state index in [1.807, 2.05) is 19.1 Å². The summed E-state index contributed by atoms with van der Waals surface area (Å²) < 4.78 is 9.18. The Kier molecular flexibility index (Phi) is 21.1. The molecule has 41 heavy (non-hydrogen) atoms. The lowest BCUT2D eigenvalue weighted by Crippen LogP contribution is -2.39. The van der Waals surface area contributed by atoms with E-state index in [0.717, 1.165) is 12.3 Å². The van der Waals surface area contributed by atoms with Crippen molar-refractivity contribution in [1.82, 2.24) is 10.6 Å². The molecule has 0 heterocycles. The Hall–Kier alpha value is -2.90. The van der Waals surface area contributed by atoms with Crippen molar-refractivity contribution in [2.75, 3.05) is 14.2 Å². The van der Waals surface area contributed by atoms with Crippen molar-refractivity contribution in [3.63, 3.8) is 0 Å². The monoisotopic (exact) mass is 576 g/mol. The Bertz CT molecular complexity index is 852. The van der Waals surface area contributed by atoms with Crippen LogP contribution in [0.3, 0.4) is 0 Å². The van der Waals surface area contributed by atoms with Crippen molar-refractivity contribution >= 4 is 23.8 Å². The first-order valence-electron chi connectivity index (χ1n) is 15.1. The number of hydrogen-bond donors (Lipinski definition) is 2. The van der Waals surface area contributed by atoms with Gasteiger partial charge in [-0.1, -0.05) is 81.9 Å². The number of rotatable bonds is 12. The zero-order chi connectivity index (χ0) is 31.1. The molecule has 2 atom stereocenters. The summed E-state index contributed by atoms with van der Waals surface area (Å²) >= 11 is 0. The molecule has 2 fully saturated rings. The minimum Gasteiger partial charge on any atom is -0.467 e. The second-order valence-corrected chi connectivity index (χ2v) is 11.2. The second-order valence-electron chi connectivity index (χ2n) is 11.2. The predicted octanol–water partition coefficient (Wildman–Crippen LogP) is 6.35. The highest BCUT2D eigenvalue weighted by molar-refractivity contribution is 5.83. The van der Waals surface area contributed by atoms with Gasteiger partial charge in [0.1, 0.15) is 12.1 Å². The molecular weight excluding hydrogens is 520 g/mol. The van der Waals surface area contributed by atoms with Crippen LogP contribution >= 0.6 is 0 Å². The van der Waals surface area contributed by atoms with Gasteiger partial charge in [0.25, 0.3) is 0 Å². The number of esters is 2. The number of allylic oxidation sites excluding steroid dienone is 4. The van der Waals surface area contributed by atoms with Gasteiger partial charge in [-0.05, 0) is 63.7 Å². The maximum atomic E-state index is 11.4. The molecule has 0 radical (unpaired) electrons. The van der Waals surface area contributed by atoms with E-state index in [4.69, 9.17) is 0 Å². The number of carbonyl (C=O) groups is 4. The van der Waals surface area contributed by atoms with E-state index in [-0.39, 0.29) is 11.8 Å². The van der Waals surface area contributed by atoms with Gasteiger partial charge in [0, 0.05) is 13.8 Å². The van der Waals surface area contributed by atoms with Crippen molar-refractivity contribution in [2.24, 2.45) is 11.3 Å². The van der Waals surface area contributed by atoms with Crippen LogP contribution in [0.25, 0.3) is 0 Å². The summed E-state index contributed by atoms with van der Waals surface area (Å²) in [5.41, 5.74) is 0.659. The normalized spacial score (nSPS) is 17.7. The molecule has 0 aromatic heterocycles. The highest BCUT2D eigenvalue weighted by atomic mass is 16.5. The van der Waals surface area contributed by atoms with Crippen LogP contribution in [0, 0.1) is 11.3 Å². The van der Waals surface area contributed by atoms with Gasteiger partial charge in [0.2, 0.25) is 11.8 Å². The van der Waals surface area contributed by atoms with E-state index in [1.54, 1.807) is 6.08 Å². The fourth-order valence-corrected chi connectivity index (χ4v) is 5.08. The highest BCUT2D eigenvalue weighted by Gasteiger charge is 2.26. The maximum Gasteiger partial charge on any atom is 0.328 e. The van der Waals surface area contributed by atoms with E-state index in [2.05, 4.69) is 52.2 Å². The third kappa shape index (κ3) is 19.0. The number of hydrogen-bond acceptors (Lipinski definition) is 6. The molecule has 0 aromatic carbocycles. The van der Waals surface area contributed by atoms with Crippen molar-refractivity contribution in [3.8, 4) is 0 Å². The molecule has 2 N–H and O–H groups in total. The minimum atomic E-state index is -0.571. The molecule has 2 amide bonds. The minimum absolute atomic E-state index is 0.213. The van der Waals surface area contributed by atoms with Crippen LogP contribution in [0.2, 0.25) is 0 Å². The van der Waals surface area contributed by atoms with Gasteiger partial charge in [-0.25, -0.2) is 9.59 Å². The Labute approximate surface area is 248 Å². The van der Waals surface area contributed by atoms with Gasteiger partial charge in [0.15, 0.2) is 0 Å². The van der Waals surface area contributed by atoms with Crippen LogP contribution in [0.5, 0.6) is 0 Å². The Morgan fingerprint density at radius 2 is 1.22 bits per heavy atom. The van der Waals surface area contributed by atoms with E-state index >= 15 is 0 Å². The highest BCUT2D eigenvalue weighted by Crippen LogP contribution is 2.40. The van der Waals surface area contributed by atoms with Crippen LogP contribution in [0.1, 0.15) is 112 Å². The van der Waals surface area contributed by atoms with Crippen molar-refractivity contribution in [2.45, 2.75) is 124 Å². The van der Waals surface area contributed by atoms with Gasteiger partial charge in [-0.15, -0.1) is 0 Å². The maximum absolute atomic E-state index is 11.4. The molecule has 0 saturated heterocycles. The Balaban J connectivity index is 0.000000614. The molecule has 0 spiro atoms. The third-order valence-corrected chi connectivity index (χ3v) is 7.47. The zero-order valence-electron chi connectivity index (χ0n) is 26.6. The molecule has 2 rings (SSSR count).